The van der Waals surface area contributed by atoms with Gasteiger partial charge in [0.05, 0.1) is 36.4 Å². The fourth-order valence-corrected chi connectivity index (χ4v) is 7.09. The maximum atomic E-state index is 12.9. The standard InChI is InChI=1S/2C30H38N2O9.2ClH/c1-18(2)24(33)14-20(5)39-30(37)32-23(29(36)38-19(3)4)15-21-12-13-25(26(16-21)40-27(34)17-31-6)41-28(35)22-10-8-7-9-11-22;1-18(2)24(33)14-20(5)39-30(37)32-23(29(36)38-19(3)4)15-21-12-13-25(40-27(34)17-31-6)26(16-21)41-28(35)22-10-8-7-9-11-22;;/h2*7-13,16,18-20,23,31H,14-15,17H2,1-6H3,(H,32,37);2*1H/t2*20?,23-;;/m00../s1. The molecular formula is C60H78Cl2N4O18. The van der Waals surface area contributed by atoms with Crippen molar-refractivity contribution in [1.82, 2.24) is 21.3 Å². The fourth-order valence-electron chi connectivity index (χ4n) is 7.09. The molecular weight excluding hydrogens is 1140 g/mol. The minimum Gasteiger partial charge on any atom is -0.461 e. The number of rotatable bonds is 28. The van der Waals surface area contributed by atoms with E-state index in [2.05, 4.69) is 21.3 Å². The van der Waals surface area contributed by atoms with Crippen LogP contribution in [0.5, 0.6) is 23.0 Å². The number of carbonyl (C=O) groups is 10. The molecule has 460 valence electrons. The van der Waals surface area contributed by atoms with Gasteiger partial charge in [0.25, 0.3) is 0 Å². The van der Waals surface area contributed by atoms with Crippen molar-refractivity contribution in [3.63, 3.8) is 0 Å². The monoisotopic (exact) mass is 1210 g/mol. The Morgan fingerprint density at radius 1 is 0.417 bits per heavy atom. The Hall–Kier alpha value is -7.92. The largest absolute Gasteiger partial charge is 0.461 e. The Bertz CT molecular complexity index is 2820. The molecule has 22 nitrogen and oxygen atoms in total. The van der Waals surface area contributed by atoms with E-state index in [9.17, 15) is 47.9 Å². The van der Waals surface area contributed by atoms with Crippen molar-refractivity contribution in [2.45, 2.75) is 131 Å². The molecule has 0 saturated heterocycles. The lowest BCUT2D eigenvalue weighted by Crippen LogP contribution is -2.45. The highest BCUT2D eigenvalue weighted by molar-refractivity contribution is 5.92. The van der Waals surface area contributed by atoms with Crippen molar-refractivity contribution in [2.75, 3.05) is 27.2 Å². The van der Waals surface area contributed by atoms with Crippen LogP contribution in [-0.2, 0) is 60.6 Å². The van der Waals surface area contributed by atoms with Gasteiger partial charge in [0.15, 0.2) is 23.0 Å². The summed E-state index contributed by atoms with van der Waals surface area (Å²) < 4.78 is 43.0. The maximum Gasteiger partial charge on any atom is 0.408 e. The van der Waals surface area contributed by atoms with Crippen LogP contribution in [0.25, 0.3) is 0 Å². The lowest BCUT2D eigenvalue weighted by Gasteiger charge is -2.21. The first-order valence-electron chi connectivity index (χ1n) is 26.7. The van der Waals surface area contributed by atoms with Crippen LogP contribution in [0.4, 0.5) is 9.59 Å². The van der Waals surface area contributed by atoms with E-state index in [4.69, 9.17) is 37.9 Å². The molecule has 0 aromatic heterocycles. The first-order valence-corrected chi connectivity index (χ1v) is 26.7. The predicted octanol–water partition coefficient (Wildman–Crippen LogP) is 8.09. The smallest absolute Gasteiger partial charge is 0.408 e. The van der Waals surface area contributed by atoms with Gasteiger partial charge in [-0.3, -0.25) is 19.2 Å². The molecule has 0 aliphatic carbocycles. The number of carbonyl (C=O) groups excluding carboxylic acids is 10. The molecule has 0 heterocycles. The van der Waals surface area contributed by atoms with Crippen molar-refractivity contribution >= 4 is 84.4 Å². The number of ether oxygens (including phenoxy) is 8. The lowest BCUT2D eigenvalue weighted by molar-refractivity contribution is -0.150. The quantitative estimate of drug-likeness (QED) is 0.0237. The van der Waals surface area contributed by atoms with E-state index in [1.807, 2.05) is 0 Å². The molecule has 2 unspecified atom stereocenters. The third kappa shape index (κ3) is 27.4. The van der Waals surface area contributed by atoms with E-state index in [0.29, 0.717) is 16.7 Å². The summed E-state index contributed by atoms with van der Waals surface area (Å²) in [5.41, 5.74) is 1.50. The zero-order chi connectivity index (χ0) is 61.1. The van der Waals surface area contributed by atoms with Gasteiger partial charge in [0.2, 0.25) is 0 Å². The van der Waals surface area contributed by atoms with E-state index < -0.39 is 84.5 Å². The summed E-state index contributed by atoms with van der Waals surface area (Å²) >= 11 is 0. The molecule has 0 bridgehead atoms. The van der Waals surface area contributed by atoms with Crippen LogP contribution in [0.2, 0.25) is 0 Å². The van der Waals surface area contributed by atoms with Crippen molar-refractivity contribution in [2.24, 2.45) is 11.8 Å². The molecule has 4 rings (SSSR count). The number of esters is 6. The minimum atomic E-state index is -1.17. The number of Topliss-reactive ketones (excluding diaryl/α,β-unsaturated/α-hetero) is 2. The third-order valence-electron chi connectivity index (χ3n) is 11.1. The summed E-state index contributed by atoms with van der Waals surface area (Å²) in [6.45, 7) is 16.7. The molecule has 0 radical (unpaired) electrons. The van der Waals surface area contributed by atoms with Gasteiger partial charge in [-0.05, 0) is 115 Å². The van der Waals surface area contributed by atoms with Crippen molar-refractivity contribution in [3.8, 4) is 23.0 Å². The van der Waals surface area contributed by atoms with E-state index in [1.54, 1.807) is 156 Å². The van der Waals surface area contributed by atoms with Crippen LogP contribution >= 0.6 is 24.8 Å². The molecule has 0 fully saturated rings. The zero-order valence-corrected chi connectivity index (χ0v) is 50.9. The summed E-state index contributed by atoms with van der Waals surface area (Å²) in [6.07, 6.45) is -4.17. The number of hydrogen-bond donors (Lipinski definition) is 4. The van der Waals surface area contributed by atoms with Crippen LogP contribution in [0.15, 0.2) is 97.1 Å². The average molecular weight is 1210 g/mol. The maximum absolute atomic E-state index is 12.9. The number of likely N-dealkylation sites (N-methyl/N-ethyl adjacent to an activating group) is 2. The summed E-state index contributed by atoms with van der Waals surface area (Å²) in [5, 5.41) is 10.4. The number of ketones is 2. The van der Waals surface area contributed by atoms with Gasteiger partial charge < -0.3 is 59.2 Å². The van der Waals surface area contributed by atoms with Crippen LogP contribution in [0.1, 0.15) is 114 Å². The van der Waals surface area contributed by atoms with Gasteiger partial charge in [-0.1, -0.05) is 76.2 Å². The molecule has 0 spiro atoms. The molecule has 4 aromatic rings. The van der Waals surface area contributed by atoms with E-state index in [0.717, 1.165) is 0 Å². The second-order valence-corrected chi connectivity index (χ2v) is 19.9. The second kappa shape index (κ2) is 38.0. The van der Waals surface area contributed by atoms with Gasteiger partial charge >= 0.3 is 48.0 Å². The number of amides is 2. The van der Waals surface area contributed by atoms with E-state index in [1.165, 1.54) is 24.3 Å². The van der Waals surface area contributed by atoms with Crippen molar-refractivity contribution in [3.05, 3.63) is 119 Å². The Kier molecular flexibility index (Phi) is 33.5. The molecule has 4 atom stereocenters. The Labute approximate surface area is 502 Å². The number of alkyl carbamates (subject to hydrolysis) is 2. The Morgan fingerprint density at radius 3 is 1.10 bits per heavy atom. The van der Waals surface area contributed by atoms with Crippen LogP contribution < -0.4 is 40.2 Å². The first-order chi connectivity index (χ1) is 38.8. The molecule has 24 heteroatoms. The molecule has 84 heavy (non-hydrogen) atoms. The summed E-state index contributed by atoms with van der Waals surface area (Å²) in [7, 11) is 3.15. The number of benzene rings is 4. The summed E-state index contributed by atoms with van der Waals surface area (Å²) in [5.74, 6) is -4.66. The third-order valence-corrected chi connectivity index (χ3v) is 11.1. The lowest BCUT2D eigenvalue weighted by atomic mass is 10.0. The van der Waals surface area contributed by atoms with Crippen LogP contribution in [0.3, 0.4) is 0 Å². The van der Waals surface area contributed by atoms with Crippen molar-refractivity contribution in [1.29, 1.82) is 0 Å². The van der Waals surface area contributed by atoms with E-state index >= 15 is 0 Å². The number of nitrogens with one attached hydrogen (secondary N) is 4. The molecule has 0 aliphatic rings. The van der Waals surface area contributed by atoms with E-state index in [-0.39, 0.29) is 116 Å². The van der Waals surface area contributed by atoms with Crippen LogP contribution in [-0.4, -0.2) is 123 Å². The topological polar surface area (TPSA) is 293 Å². The first kappa shape index (κ1) is 74.1. The molecule has 4 aromatic carbocycles. The molecule has 0 saturated carbocycles. The minimum absolute atomic E-state index is 0. The van der Waals surface area contributed by atoms with Crippen molar-refractivity contribution < 1.29 is 85.8 Å². The van der Waals surface area contributed by atoms with Gasteiger partial charge in [-0.25, -0.2) is 28.8 Å². The normalized spacial score (nSPS) is 12.0. The zero-order valence-electron chi connectivity index (χ0n) is 49.3. The highest BCUT2D eigenvalue weighted by Gasteiger charge is 2.29. The molecule has 4 N–H and O–H groups in total. The number of hydrogen-bond acceptors (Lipinski definition) is 20. The molecule has 2 amide bonds. The average Bonchev–Trinajstić information content (AvgIpc) is 3.58. The van der Waals surface area contributed by atoms with Gasteiger partial charge in [0.1, 0.15) is 35.9 Å². The highest BCUT2D eigenvalue weighted by Crippen LogP contribution is 2.32. The van der Waals surface area contributed by atoms with Gasteiger partial charge in [-0.15, -0.1) is 24.8 Å². The summed E-state index contributed by atoms with van der Waals surface area (Å²) in [4.78, 5) is 125. The predicted molar refractivity (Wildman–Crippen MR) is 314 cm³/mol. The molecule has 0 aliphatic heterocycles. The highest BCUT2D eigenvalue weighted by atomic mass is 35.5. The van der Waals surface area contributed by atoms with Gasteiger partial charge in [0, 0.05) is 37.5 Å². The van der Waals surface area contributed by atoms with Gasteiger partial charge in [-0.2, -0.15) is 0 Å². The van der Waals surface area contributed by atoms with Crippen LogP contribution in [0, 0.1) is 11.8 Å². The Balaban J connectivity index is 0.000000820. The summed E-state index contributed by atoms with van der Waals surface area (Å²) in [6, 6.07) is 23.1. The second-order valence-electron chi connectivity index (χ2n) is 19.9. The SMILES string of the molecule is CNCC(=O)Oc1cc(C[C@H](NC(=O)OC(C)CC(=O)C(C)C)C(=O)OC(C)C)ccc1OC(=O)c1ccccc1.CNCC(=O)Oc1ccc(C[C@H](NC(=O)OC(C)CC(=O)C(C)C)C(=O)OC(C)C)cc1OC(=O)c1ccccc1.Cl.Cl. The fraction of sp³-hybridized carbons (Fsp3) is 0.433. The Morgan fingerprint density at radius 2 is 0.750 bits per heavy atom. The number of halogens is 2.